The Morgan fingerprint density at radius 2 is 0.701 bits per heavy atom. The zero-order valence-corrected chi connectivity index (χ0v) is 59.4. The van der Waals surface area contributed by atoms with Gasteiger partial charge in [-0.3, -0.25) is 18.6 Å². The van der Waals surface area contributed by atoms with Gasteiger partial charge in [-0.2, -0.15) is 0 Å². The molecule has 510 valence electrons. The number of hydrogen-bond donors (Lipinski definition) is 2. The molecule has 0 aromatic rings. The van der Waals surface area contributed by atoms with E-state index in [4.69, 9.17) is 13.8 Å². The van der Waals surface area contributed by atoms with Crippen LogP contribution in [0.15, 0.2) is 60.8 Å². The molecule has 0 bridgehead atoms. The first-order valence-electron chi connectivity index (χ1n) is 37.6. The third-order valence-electron chi connectivity index (χ3n) is 16.9. The van der Waals surface area contributed by atoms with Crippen molar-refractivity contribution < 1.29 is 37.3 Å². The summed E-state index contributed by atoms with van der Waals surface area (Å²) in [5, 5.41) is 3.07. The van der Waals surface area contributed by atoms with E-state index in [9.17, 15) is 19.0 Å². The van der Waals surface area contributed by atoms with Crippen molar-refractivity contribution in [3.63, 3.8) is 0 Å². The summed E-state index contributed by atoms with van der Waals surface area (Å²) < 4.78 is 30.9. The van der Waals surface area contributed by atoms with Gasteiger partial charge in [0.2, 0.25) is 5.91 Å². The SMILES string of the molecule is CCCCC/C=C\C/C=C\C/C=C\CCCCCCCCCCCCC(=O)NC(COP(=O)(O)OCC[N+](C)(C)C)C(/C=C/CCCCCCCCCCC)OC(=O)CCCCCCCCCCCCCCCCCCC/C=C/CCCCCCCC. The van der Waals surface area contributed by atoms with Crippen LogP contribution in [-0.4, -0.2) is 74.3 Å². The fourth-order valence-corrected chi connectivity index (χ4v) is 11.9. The fraction of sp³-hybridized carbons (Fsp3) is 0.844. The Hall–Kier alpha value is -2.29. The van der Waals surface area contributed by atoms with Crippen molar-refractivity contribution >= 4 is 19.7 Å². The van der Waals surface area contributed by atoms with Crippen molar-refractivity contribution in [2.24, 2.45) is 0 Å². The average Bonchev–Trinajstić information content (AvgIpc) is 3.70. The van der Waals surface area contributed by atoms with Crippen molar-refractivity contribution in [3.05, 3.63) is 60.8 Å². The van der Waals surface area contributed by atoms with Crippen molar-refractivity contribution in [1.29, 1.82) is 0 Å². The van der Waals surface area contributed by atoms with Gasteiger partial charge in [0.15, 0.2) is 0 Å². The van der Waals surface area contributed by atoms with E-state index in [1.54, 1.807) is 0 Å². The third kappa shape index (κ3) is 67.9. The standard InChI is InChI=1S/C77H145N2O7P/c1-7-10-13-16-19-22-25-27-29-31-33-35-37-38-39-40-42-44-46-48-50-52-55-58-61-64-67-70-77(81)86-75(68-65-62-59-56-53-24-21-18-15-12-9-3)74(73-85-87(82,83)84-72-71-79(4,5)6)78-76(80)69-66-63-60-57-54-51-49-47-45-43-41-36-34-32-30-28-26-23-20-17-14-11-8-2/h20,23,27-30,34,36,65,68,74-75H,7-19,21-22,24-26,31-33,35,37-64,66-67,69-73H2,1-6H3,(H-,78,80,82,83)/p+1/b23-20-,29-27+,30-28-,36-34-,68-65+. The number of unbranched alkanes of at least 4 members (excludes halogenated alkanes) is 45. The molecule has 0 aromatic heterocycles. The monoisotopic (exact) mass is 1240 g/mol. The summed E-state index contributed by atoms with van der Waals surface area (Å²) in [5.74, 6) is -0.495. The number of likely N-dealkylation sites (N-methyl/N-ethyl adjacent to an activating group) is 1. The molecule has 0 fully saturated rings. The van der Waals surface area contributed by atoms with Gasteiger partial charge >= 0.3 is 13.8 Å². The maximum Gasteiger partial charge on any atom is 0.472 e. The molecule has 0 heterocycles. The number of nitrogens with zero attached hydrogens (tertiary/aromatic N) is 1. The number of carbonyl (C=O) groups excluding carboxylic acids is 2. The lowest BCUT2D eigenvalue weighted by molar-refractivity contribution is -0.870. The van der Waals surface area contributed by atoms with E-state index in [-0.39, 0.29) is 25.1 Å². The quantitative estimate of drug-likeness (QED) is 0.0205. The average molecular weight is 1240 g/mol. The molecule has 87 heavy (non-hydrogen) atoms. The molecule has 2 N–H and O–H groups in total. The van der Waals surface area contributed by atoms with Gasteiger partial charge < -0.3 is 19.4 Å². The zero-order chi connectivity index (χ0) is 63.5. The maximum atomic E-state index is 13.6. The van der Waals surface area contributed by atoms with Crippen LogP contribution in [0.4, 0.5) is 0 Å². The van der Waals surface area contributed by atoms with Gasteiger partial charge in [-0.1, -0.05) is 319 Å². The normalized spacial score (nSPS) is 13.8. The van der Waals surface area contributed by atoms with Gasteiger partial charge in [0.1, 0.15) is 19.3 Å². The predicted octanol–water partition coefficient (Wildman–Crippen LogP) is 24.1. The predicted molar refractivity (Wildman–Crippen MR) is 378 cm³/mol. The summed E-state index contributed by atoms with van der Waals surface area (Å²) in [6, 6.07) is -0.851. The van der Waals surface area contributed by atoms with Crippen LogP contribution in [0.25, 0.3) is 0 Å². The Kier molecular flexibility index (Phi) is 64.9. The van der Waals surface area contributed by atoms with Gasteiger partial charge in [-0.05, 0) is 96.0 Å². The van der Waals surface area contributed by atoms with Crippen LogP contribution in [0, 0.1) is 0 Å². The summed E-state index contributed by atoms with van der Waals surface area (Å²) in [7, 11) is 1.50. The second-order valence-corrected chi connectivity index (χ2v) is 28.3. The number of hydrogen-bond acceptors (Lipinski definition) is 6. The van der Waals surface area contributed by atoms with Gasteiger partial charge in [-0.25, -0.2) is 4.57 Å². The minimum Gasteiger partial charge on any atom is -0.456 e. The zero-order valence-electron chi connectivity index (χ0n) is 58.5. The molecule has 0 rings (SSSR count). The summed E-state index contributed by atoms with van der Waals surface area (Å²) in [4.78, 5) is 37.9. The highest BCUT2D eigenvalue weighted by Crippen LogP contribution is 2.43. The number of allylic oxidation sites excluding steroid dienone is 9. The van der Waals surface area contributed by atoms with Crippen molar-refractivity contribution in [3.8, 4) is 0 Å². The second-order valence-electron chi connectivity index (χ2n) is 26.8. The molecule has 3 unspecified atom stereocenters. The minimum absolute atomic E-state index is 0.0399. The molecular weight excluding hydrogens is 1100 g/mol. The molecule has 0 saturated heterocycles. The molecule has 9 nitrogen and oxygen atoms in total. The van der Waals surface area contributed by atoms with Gasteiger partial charge in [0, 0.05) is 12.8 Å². The molecule has 0 aliphatic carbocycles. The Morgan fingerprint density at radius 3 is 1.08 bits per heavy atom. The number of rotatable bonds is 69. The Bertz CT molecular complexity index is 1670. The summed E-state index contributed by atoms with van der Waals surface area (Å²) >= 11 is 0. The van der Waals surface area contributed by atoms with Crippen LogP contribution in [0.5, 0.6) is 0 Å². The number of phosphoric acid groups is 1. The number of phosphoric ester groups is 1. The highest BCUT2D eigenvalue weighted by molar-refractivity contribution is 7.47. The number of nitrogens with one attached hydrogen (secondary N) is 1. The van der Waals surface area contributed by atoms with Crippen molar-refractivity contribution in [2.45, 2.75) is 380 Å². The lowest BCUT2D eigenvalue weighted by atomic mass is 10.0. The molecule has 3 atom stereocenters. The third-order valence-corrected chi connectivity index (χ3v) is 17.9. The second kappa shape index (κ2) is 66.6. The molecule has 0 radical (unpaired) electrons. The fourth-order valence-electron chi connectivity index (χ4n) is 11.1. The lowest BCUT2D eigenvalue weighted by Gasteiger charge is -2.27. The van der Waals surface area contributed by atoms with E-state index in [2.05, 4.69) is 74.7 Å². The highest BCUT2D eigenvalue weighted by atomic mass is 31.2. The first kappa shape index (κ1) is 84.7. The summed E-state index contributed by atoms with van der Waals surface area (Å²) in [6.45, 7) is 7.02. The number of quaternary nitrogens is 1. The molecule has 0 aliphatic rings. The number of amides is 1. The largest absolute Gasteiger partial charge is 0.472 e. The number of carbonyl (C=O) groups is 2. The highest BCUT2D eigenvalue weighted by Gasteiger charge is 2.30. The van der Waals surface area contributed by atoms with E-state index in [0.29, 0.717) is 23.9 Å². The van der Waals surface area contributed by atoms with E-state index in [1.165, 1.54) is 263 Å². The Balaban J connectivity index is 4.93. The molecule has 0 saturated carbocycles. The van der Waals surface area contributed by atoms with Gasteiger partial charge in [0.25, 0.3) is 0 Å². The van der Waals surface area contributed by atoms with E-state index >= 15 is 0 Å². The molecular formula is C77H146N2O7P+. The van der Waals surface area contributed by atoms with E-state index < -0.39 is 20.0 Å². The summed E-state index contributed by atoms with van der Waals surface area (Å²) in [5.41, 5.74) is 0. The Morgan fingerprint density at radius 1 is 0.402 bits per heavy atom. The van der Waals surface area contributed by atoms with Crippen LogP contribution in [0.2, 0.25) is 0 Å². The first-order chi connectivity index (χ1) is 42.4. The molecule has 0 spiro atoms. The molecule has 0 aliphatic heterocycles. The van der Waals surface area contributed by atoms with Crippen LogP contribution in [0.1, 0.15) is 367 Å². The molecule has 10 heteroatoms. The smallest absolute Gasteiger partial charge is 0.456 e. The Labute approximate surface area is 541 Å². The van der Waals surface area contributed by atoms with Crippen LogP contribution >= 0.6 is 7.82 Å². The number of esters is 1. The molecule has 1 amide bonds. The number of ether oxygens (including phenoxy) is 1. The van der Waals surface area contributed by atoms with Crippen LogP contribution < -0.4 is 5.32 Å². The first-order valence-corrected chi connectivity index (χ1v) is 39.1. The minimum atomic E-state index is -4.46. The van der Waals surface area contributed by atoms with E-state index in [0.717, 1.165) is 70.6 Å². The van der Waals surface area contributed by atoms with Crippen LogP contribution in [-0.2, 0) is 27.9 Å². The van der Waals surface area contributed by atoms with E-state index in [1.807, 2.05) is 33.3 Å². The molecule has 0 aromatic carbocycles. The van der Waals surface area contributed by atoms with Crippen molar-refractivity contribution in [1.82, 2.24) is 5.32 Å². The topological polar surface area (TPSA) is 111 Å². The van der Waals surface area contributed by atoms with Gasteiger partial charge in [0.05, 0.1) is 33.8 Å². The maximum absolute atomic E-state index is 13.6. The van der Waals surface area contributed by atoms with Crippen molar-refractivity contribution in [2.75, 3.05) is 40.9 Å². The lowest BCUT2D eigenvalue weighted by Crippen LogP contribution is -2.47. The van der Waals surface area contributed by atoms with Crippen LogP contribution in [0.3, 0.4) is 0 Å². The summed E-state index contributed by atoms with van der Waals surface area (Å²) in [6.07, 6.45) is 86.8. The van der Waals surface area contributed by atoms with Gasteiger partial charge in [-0.15, -0.1) is 0 Å².